The number of oxime groups is 1. The van der Waals surface area contributed by atoms with Crippen LogP contribution >= 0.6 is 0 Å². The van der Waals surface area contributed by atoms with Crippen molar-refractivity contribution >= 4 is 11.4 Å². The highest BCUT2D eigenvalue weighted by Gasteiger charge is 2.15. The van der Waals surface area contributed by atoms with Crippen LogP contribution in [0, 0.1) is 0 Å². The summed E-state index contributed by atoms with van der Waals surface area (Å²) in [4.78, 5) is 0. The largest absolute Gasteiger partial charge is 0.411 e. The highest BCUT2D eigenvalue weighted by Crippen LogP contribution is 2.38. The Morgan fingerprint density at radius 3 is 1.96 bits per heavy atom. The zero-order chi connectivity index (χ0) is 16.2. The topological polar surface area (TPSA) is 58.6 Å². The van der Waals surface area contributed by atoms with Crippen molar-refractivity contribution in [2.24, 2.45) is 5.16 Å². The first kappa shape index (κ1) is 14.9. The molecule has 0 aliphatic rings. The standard InChI is InChI=1S/C20H18N2O/c1-14(22-23)17-12-13-18(15-8-4-2-5-9-15)19(20(17)21)16-10-6-3-7-11-16/h2-13,23H,21H2,1H3/b22-14+. The van der Waals surface area contributed by atoms with Crippen LogP contribution in [0.5, 0.6) is 0 Å². The van der Waals surface area contributed by atoms with E-state index in [-0.39, 0.29) is 0 Å². The lowest BCUT2D eigenvalue weighted by Crippen LogP contribution is -2.04. The fourth-order valence-electron chi connectivity index (χ4n) is 2.76. The van der Waals surface area contributed by atoms with Gasteiger partial charge in [0.05, 0.1) is 5.71 Å². The Morgan fingerprint density at radius 2 is 1.39 bits per heavy atom. The summed E-state index contributed by atoms with van der Waals surface area (Å²) in [5, 5.41) is 12.4. The molecule has 114 valence electrons. The van der Waals surface area contributed by atoms with Crippen LogP contribution in [0.1, 0.15) is 12.5 Å². The summed E-state index contributed by atoms with van der Waals surface area (Å²) in [6, 6.07) is 24.1. The highest BCUT2D eigenvalue weighted by atomic mass is 16.4. The Bertz CT molecular complexity index is 840. The van der Waals surface area contributed by atoms with Crippen molar-refractivity contribution in [1.29, 1.82) is 0 Å². The predicted octanol–water partition coefficient (Wildman–Crippen LogP) is 4.80. The lowest BCUT2D eigenvalue weighted by atomic mass is 9.90. The fraction of sp³-hybridized carbons (Fsp3) is 0.0500. The maximum absolute atomic E-state index is 9.09. The van der Waals surface area contributed by atoms with Crippen LogP contribution in [-0.2, 0) is 0 Å². The van der Waals surface area contributed by atoms with E-state index in [1.165, 1.54) is 0 Å². The summed E-state index contributed by atoms with van der Waals surface area (Å²) >= 11 is 0. The van der Waals surface area contributed by atoms with E-state index in [4.69, 9.17) is 10.9 Å². The van der Waals surface area contributed by atoms with Crippen molar-refractivity contribution in [2.75, 3.05) is 5.73 Å². The summed E-state index contributed by atoms with van der Waals surface area (Å²) in [5.74, 6) is 0. The second kappa shape index (κ2) is 6.36. The molecule has 0 saturated heterocycles. The highest BCUT2D eigenvalue weighted by molar-refractivity contribution is 6.08. The van der Waals surface area contributed by atoms with Gasteiger partial charge in [0.2, 0.25) is 0 Å². The van der Waals surface area contributed by atoms with Gasteiger partial charge in [0.15, 0.2) is 0 Å². The van der Waals surface area contributed by atoms with E-state index < -0.39 is 0 Å². The molecule has 0 aromatic heterocycles. The minimum Gasteiger partial charge on any atom is -0.411 e. The maximum atomic E-state index is 9.09. The Hall–Kier alpha value is -3.07. The molecule has 0 amide bonds. The van der Waals surface area contributed by atoms with Gasteiger partial charge < -0.3 is 10.9 Å². The average molecular weight is 302 g/mol. The molecular formula is C20H18N2O. The van der Waals surface area contributed by atoms with Gasteiger partial charge in [0.25, 0.3) is 0 Å². The molecule has 0 aliphatic heterocycles. The molecule has 0 spiro atoms. The van der Waals surface area contributed by atoms with Gasteiger partial charge in [-0.2, -0.15) is 0 Å². The molecule has 3 rings (SSSR count). The third kappa shape index (κ3) is 2.81. The van der Waals surface area contributed by atoms with Gasteiger partial charge in [-0.15, -0.1) is 0 Å². The van der Waals surface area contributed by atoms with Crippen molar-refractivity contribution in [3.8, 4) is 22.3 Å². The first-order valence-corrected chi connectivity index (χ1v) is 7.44. The lowest BCUT2D eigenvalue weighted by molar-refractivity contribution is 0.319. The molecule has 0 aliphatic carbocycles. The molecule has 3 N–H and O–H groups in total. The number of rotatable bonds is 3. The van der Waals surface area contributed by atoms with Crippen molar-refractivity contribution in [3.05, 3.63) is 78.4 Å². The van der Waals surface area contributed by atoms with Gasteiger partial charge in [-0.25, -0.2) is 0 Å². The molecule has 0 unspecified atom stereocenters. The van der Waals surface area contributed by atoms with Crippen molar-refractivity contribution in [3.63, 3.8) is 0 Å². The molecule has 0 radical (unpaired) electrons. The molecule has 23 heavy (non-hydrogen) atoms. The van der Waals surface area contributed by atoms with E-state index in [9.17, 15) is 0 Å². The van der Waals surface area contributed by atoms with Crippen LogP contribution in [0.25, 0.3) is 22.3 Å². The second-order valence-electron chi connectivity index (χ2n) is 5.37. The van der Waals surface area contributed by atoms with E-state index in [1.54, 1.807) is 6.92 Å². The zero-order valence-electron chi connectivity index (χ0n) is 12.9. The van der Waals surface area contributed by atoms with Crippen molar-refractivity contribution in [2.45, 2.75) is 6.92 Å². The van der Waals surface area contributed by atoms with Crippen LogP contribution in [0.15, 0.2) is 78.0 Å². The first-order chi connectivity index (χ1) is 11.2. The molecule has 3 aromatic carbocycles. The molecule has 0 fully saturated rings. The number of nitrogens with zero attached hydrogens (tertiary/aromatic N) is 1. The van der Waals surface area contributed by atoms with E-state index in [0.717, 1.165) is 27.8 Å². The quantitative estimate of drug-likeness (QED) is 0.316. The lowest BCUT2D eigenvalue weighted by Gasteiger charge is -2.16. The van der Waals surface area contributed by atoms with Gasteiger partial charge in [-0.05, 0) is 23.6 Å². The van der Waals surface area contributed by atoms with Crippen LogP contribution in [0.2, 0.25) is 0 Å². The molecular weight excluding hydrogens is 284 g/mol. The summed E-state index contributed by atoms with van der Waals surface area (Å²) in [5.41, 5.74) is 12.5. The zero-order valence-corrected chi connectivity index (χ0v) is 12.9. The van der Waals surface area contributed by atoms with Crippen LogP contribution in [0.3, 0.4) is 0 Å². The molecule has 3 heteroatoms. The number of hydrogen-bond acceptors (Lipinski definition) is 3. The number of hydrogen-bond donors (Lipinski definition) is 2. The van der Waals surface area contributed by atoms with E-state index in [1.807, 2.05) is 60.7 Å². The summed E-state index contributed by atoms with van der Waals surface area (Å²) in [6.07, 6.45) is 0. The number of anilines is 1. The van der Waals surface area contributed by atoms with Gasteiger partial charge in [0, 0.05) is 16.8 Å². The summed E-state index contributed by atoms with van der Waals surface area (Å²) < 4.78 is 0. The summed E-state index contributed by atoms with van der Waals surface area (Å²) in [7, 11) is 0. The third-order valence-corrected chi connectivity index (χ3v) is 3.93. The molecule has 0 atom stereocenters. The van der Waals surface area contributed by atoms with E-state index in [2.05, 4.69) is 17.3 Å². The maximum Gasteiger partial charge on any atom is 0.0857 e. The van der Waals surface area contributed by atoms with Crippen molar-refractivity contribution < 1.29 is 5.21 Å². The summed E-state index contributed by atoms with van der Waals surface area (Å²) in [6.45, 7) is 1.74. The minimum atomic E-state index is 0.499. The molecule has 0 heterocycles. The van der Waals surface area contributed by atoms with E-state index in [0.29, 0.717) is 11.4 Å². The minimum absolute atomic E-state index is 0.499. The Morgan fingerprint density at radius 1 is 0.826 bits per heavy atom. The van der Waals surface area contributed by atoms with Gasteiger partial charge in [-0.1, -0.05) is 78.0 Å². The van der Waals surface area contributed by atoms with Crippen LogP contribution < -0.4 is 5.73 Å². The van der Waals surface area contributed by atoms with E-state index >= 15 is 0 Å². The Kier molecular flexibility index (Phi) is 4.11. The molecule has 0 saturated carbocycles. The fourth-order valence-corrected chi connectivity index (χ4v) is 2.76. The molecule has 0 bridgehead atoms. The second-order valence-corrected chi connectivity index (χ2v) is 5.37. The van der Waals surface area contributed by atoms with Gasteiger partial charge in [0.1, 0.15) is 0 Å². The third-order valence-electron chi connectivity index (χ3n) is 3.93. The normalized spacial score (nSPS) is 11.4. The van der Waals surface area contributed by atoms with Crippen LogP contribution in [-0.4, -0.2) is 10.9 Å². The number of nitrogen functional groups attached to an aromatic ring is 1. The first-order valence-electron chi connectivity index (χ1n) is 7.44. The van der Waals surface area contributed by atoms with Gasteiger partial charge >= 0.3 is 0 Å². The van der Waals surface area contributed by atoms with Crippen molar-refractivity contribution in [1.82, 2.24) is 0 Å². The predicted molar refractivity (Wildman–Crippen MR) is 95.7 cm³/mol. The Balaban J connectivity index is 2.31. The number of benzene rings is 3. The van der Waals surface area contributed by atoms with Gasteiger partial charge in [-0.3, -0.25) is 0 Å². The number of nitrogens with two attached hydrogens (primary N) is 1. The molecule has 3 aromatic rings. The molecule has 3 nitrogen and oxygen atoms in total. The average Bonchev–Trinajstić information content (AvgIpc) is 2.62. The SMILES string of the molecule is C/C(=N\O)c1ccc(-c2ccccc2)c(-c2ccccc2)c1N. The monoisotopic (exact) mass is 302 g/mol. The smallest absolute Gasteiger partial charge is 0.0857 e. The Labute approximate surface area is 135 Å². The van der Waals surface area contributed by atoms with Crippen LogP contribution in [0.4, 0.5) is 5.69 Å².